The highest BCUT2D eigenvalue weighted by Crippen LogP contribution is 2.49. The van der Waals surface area contributed by atoms with Crippen molar-refractivity contribution in [1.29, 1.82) is 5.26 Å². The first kappa shape index (κ1) is 8.70. The lowest BCUT2D eigenvalue weighted by Crippen LogP contribution is -2.39. The van der Waals surface area contributed by atoms with Gasteiger partial charge in [-0.15, -0.1) is 0 Å². The molecule has 2 unspecified atom stereocenters. The number of fused-ring (bicyclic) bond motifs is 1. The lowest BCUT2D eigenvalue weighted by molar-refractivity contribution is 0.255. The fraction of sp³-hybridized carbons (Fsp3) is 0.750. The number of piperidine rings is 1. The highest BCUT2D eigenvalue weighted by Gasteiger charge is 2.61. The van der Waals surface area contributed by atoms with Crippen LogP contribution in [-0.2, 0) is 0 Å². The predicted octanol–water partition coefficient (Wildman–Crippen LogP) is 0.614. The first-order valence-electron chi connectivity index (χ1n) is 4.21. The van der Waals surface area contributed by atoms with Gasteiger partial charge in [-0.25, -0.2) is 0 Å². The van der Waals surface area contributed by atoms with Crippen molar-refractivity contribution in [1.82, 2.24) is 10.2 Å². The molecule has 1 aliphatic carbocycles. The number of likely N-dealkylation sites (tertiary alicyclic amines) is 1. The van der Waals surface area contributed by atoms with Gasteiger partial charge in [0.25, 0.3) is 5.24 Å². The van der Waals surface area contributed by atoms with Crippen LogP contribution in [0.5, 0.6) is 0 Å². The Hall–Kier alpha value is -0.890. The summed E-state index contributed by atoms with van der Waals surface area (Å²) >= 11 is 1.19. The van der Waals surface area contributed by atoms with Gasteiger partial charge in [0.2, 0.25) is 0 Å². The number of nitriles is 1. The lowest BCUT2D eigenvalue weighted by Gasteiger charge is -2.15. The van der Waals surface area contributed by atoms with E-state index in [0.29, 0.717) is 12.5 Å². The monoisotopic (exact) mass is 197 g/mol. The van der Waals surface area contributed by atoms with Crippen LogP contribution in [0.2, 0.25) is 0 Å². The van der Waals surface area contributed by atoms with Crippen molar-refractivity contribution >= 4 is 17.0 Å². The van der Waals surface area contributed by atoms with Crippen molar-refractivity contribution < 1.29 is 4.79 Å². The summed E-state index contributed by atoms with van der Waals surface area (Å²) in [6.07, 6.45) is 4.92. The second kappa shape index (κ2) is 2.81. The van der Waals surface area contributed by atoms with Crippen molar-refractivity contribution in [3.63, 3.8) is 0 Å². The Kier molecular flexibility index (Phi) is 1.88. The third-order valence-corrected chi connectivity index (χ3v) is 3.30. The molecule has 0 spiro atoms. The molecular weight excluding hydrogens is 186 g/mol. The molecule has 0 radical (unpaired) electrons. The number of amides is 1. The van der Waals surface area contributed by atoms with E-state index in [9.17, 15) is 4.79 Å². The summed E-state index contributed by atoms with van der Waals surface area (Å²) in [5.41, 5.74) is -0.0597. The van der Waals surface area contributed by atoms with Gasteiger partial charge < -0.3 is 10.2 Å². The van der Waals surface area contributed by atoms with Gasteiger partial charge in [-0.05, 0) is 12.7 Å². The van der Waals surface area contributed by atoms with Crippen LogP contribution in [-0.4, -0.2) is 35.0 Å². The minimum Gasteiger partial charge on any atom is -0.339 e. The van der Waals surface area contributed by atoms with E-state index in [0.717, 1.165) is 13.0 Å². The number of hydrogen-bond donors (Lipinski definition) is 1. The van der Waals surface area contributed by atoms with Gasteiger partial charge in [-0.1, -0.05) is 11.8 Å². The van der Waals surface area contributed by atoms with E-state index in [4.69, 9.17) is 5.26 Å². The molecule has 0 bridgehead atoms. The normalized spacial score (nSPS) is 35.1. The van der Waals surface area contributed by atoms with Crippen LogP contribution >= 0.6 is 11.8 Å². The van der Waals surface area contributed by atoms with Gasteiger partial charge >= 0.3 is 0 Å². The number of thioether (sulfide) groups is 1. The first-order valence-corrected chi connectivity index (χ1v) is 5.43. The van der Waals surface area contributed by atoms with Crippen molar-refractivity contribution in [2.45, 2.75) is 12.0 Å². The molecule has 5 heteroatoms. The summed E-state index contributed by atoms with van der Waals surface area (Å²) in [7, 11) is 0. The molecule has 2 aliphatic rings. The molecule has 1 amide bonds. The molecule has 2 fully saturated rings. The van der Waals surface area contributed by atoms with Crippen LogP contribution in [0.15, 0.2) is 0 Å². The molecule has 70 valence electrons. The standard InChI is InChI=1S/C8H11N3OS/c1-13-7(12)10-8-2-6(8)3-11(4-8)5-9/h6H,2-4H2,1H3,(H,10,12). The number of hydrogen-bond acceptors (Lipinski definition) is 4. The zero-order chi connectivity index (χ0) is 9.47. The summed E-state index contributed by atoms with van der Waals surface area (Å²) in [6.45, 7) is 1.51. The quantitative estimate of drug-likeness (QED) is 0.626. The number of rotatable bonds is 1. The van der Waals surface area contributed by atoms with Gasteiger partial charge in [0.15, 0.2) is 6.19 Å². The minimum absolute atomic E-state index is 0.0160. The Morgan fingerprint density at radius 2 is 2.62 bits per heavy atom. The largest absolute Gasteiger partial charge is 0.339 e. The molecule has 1 saturated carbocycles. The zero-order valence-electron chi connectivity index (χ0n) is 7.41. The molecule has 2 atom stereocenters. The second-order valence-corrected chi connectivity index (χ2v) is 4.43. The summed E-state index contributed by atoms with van der Waals surface area (Å²) in [5.74, 6) is 0.503. The predicted molar refractivity (Wildman–Crippen MR) is 50.1 cm³/mol. The molecule has 1 heterocycles. The molecule has 2 rings (SSSR count). The molecule has 1 saturated heterocycles. The Bertz CT molecular complexity index is 288. The Morgan fingerprint density at radius 3 is 3.15 bits per heavy atom. The highest BCUT2D eigenvalue weighted by atomic mass is 32.2. The average molecular weight is 197 g/mol. The Balaban J connectivity index is 1.95. The topological polar surface area (TPSA) is 56.1 Å². The maximum Gasteiger partial charge on any atom is 0.279 e. The summed E-state index contributed by atoms with van der Waals surface area (Å²) in [5, 5.41) is 11.7. The van der Waals surface area contributed by atoms with Gasteiger partial charge in [-0.3, -0.25) is 4.79 Å². The average Bonchev–Trinajstić information content (AvgIpc) is 2.67. The molecule has 1 aliphatic heterocycles. The third-order valence-electron chi connectivity index (χ3n) is 2.82. The number of nitrogens with one attached hydrogen (secondary N) is 1. The number of nitrogens with zero attached hydrogens (tertiary/aromatic N) is 2. The Morgan fingerprint density at radius 1 is 1.85 bits per heavy atom. The Labute approximate surface area is 81.3 Å². The molecule has 0 aromatic heterocycles. The van der Waals surface area contributed by atoms with Crippen molar-refractivity contribution in [2.75, 3.05) is 19.3 Å². The maximum absolute atomic E-state index is 11.1. The van der Waals surface area contributed by atoms with E-state index in [1.54, 1.807) is 11.2 Å². The SMILES string of the molecule is CSC(=O)NC12CC1CN(C#N)C2. The van der Waals surface area contributed by atoms with Crippen molar-refractivity contribution in [2.24, 2.45) is 5.92 Å². The maximum atomic E-state index is 11.1. The summed E-state index contributed by atoms with van der Waals surface area (Å²) in [6, 6.07) is 0. The van der Waals surface area contributed by atoms with Crippen LogP contribution in [0.25, 0.3) is 0 Å². The summed E-state index contributed by atoms with van der Waals surface area (Å²) in [4.78, 5) is 12.9. The number of carbonyl (C=O) groups excluding carboxylic acids is 1. The second-order valence-electron chi connectivity index (χ2n) is 3.65. The van der Waals surface area contributed by atoms with Crippen LogP contribution in [0.3, 0.4) is 0 Å². The lowest BCUT2D eigenvalue weighted by atomic mass is 10.2. The zero-order valence-corrected chi connectivity index (χ0v) is 8.23. The van der Waals surface area contributed by atoms with Crippen molar-refractivity contribution in [3.8, 4) is 6.19 Å². The highest BCUT2D eigenvalue weighted by molar-refractivity contribution is 8.12. The van der Waals surface area contributed by atoms with Crippen molar-refractivity contribution in [3.05, 3.63) is 0 Å². The minimum atomic E-state index is -0.0597. The van der Waals surface area contributed by atoms with Gasteiger partial charge in [0.05, 0.1) is 12.1 Å². The first-order chi connectivity index (χ1) is 6.20. The van der Waals surface area contributed by atoms with E-state index in [2.05, 4.69) is 11.5 Å². The third kappa shape index (κ3) is 1.35. The van der Waals surface area contributed by atoms with E-state index in [-0.39, 0.29) is 10.8 Å². The van der Waals surface area contributed by atoms with E-state index < -0.39 is 0 Å². The molecule has 4 nitrogen and oxygen atoms in total. The fourth-order valence-corrected chi connectivity index (χ4v) is 2.31. The molecule has 13 heavy (non-hydrogen) atoms. The van der Waals surface area contributed by atoms with Crippen LogP contribution in [0.4, 0.5) is 4.79 Å². The van der Waals surface area contributed by atoms with Crippen LogP contribution in [0, 0.1) is 17.4 Å². The summed E-state index contributed by atoms with van der Waals surface area (Å²) < 4.78 is 0. The number of carbonyl (C=O) groups is 1. The fourth-order valence-electron chi connectivity index (χ4n) is 2.01. The van der Waals surface area contributed by atoms with E-state index in [1.165, 1.54) is 11.8 Å². The van der Waals surface area contributed by atoms with E-state index >= 15 is 0 Å². The van der Waals surface area contributed by atoms with Gasteiger partial charge in [0.1, 0.15) is 0 Å². The molecule has 0 aromatic carbocycles. The molecule has 1 N–H and O–H groups in total. The van der Waals surface area contributed by atoms with E-state index in [1.807, 2.05) is 0 Å². The van der Waals surface area contributed by atoms with Gasteiger partial charge in [0, 0.05) is 12.5 Å². The van der Waals surface area contributed by atoms with Crippen LogP contribution < -0.4 is 5.32 Å². The smallest absolute Gasteiger partial charge is 0.279 e. The molecular formula is C8H11N3OS. The molecule has 0 aromatic rings. The van der Waals surface area contributed by atoms with Gasteiger partial charge in [-0.2, -0.15) is 5.26 Å². The van der Waals surface area contributed by atoms with Crippen LogP contribution in [0.1, 0.15) is 6.42 Å².